The van der Waals surface area contributed by atoms with Crippen LogP contribution in [0, 0.1) is 0 Å². The van der Waals surface area contributed by atoms with Crippen LogP contribution in [0.2, 0.25) is 0 Å². The van der Waals surface area contributed by atoms with E-state index < -0.39 is 0 Å². The fourth-order valence-corrected chi connectivity index (χ4v) is 2.22. The van der Waals surface area contributed by atoms with E-state index in [1.165, 1.54) is 0 Å². The van der Waals surface area contributed by atoms with Crippen molar-refractivity contribution in [2.75, 3.05) is 7.11 Å². The van der Waals surface area contributed by atoms with Gasteiger partial charge in [0.25, 0.3) is 0 Å². The summed E-state index contributed by atoms with van der Waals surface area (Å²) in [5, 5.41) is 4.71. The molecule has 0 bridgehead atoms. The predicted molar refractivity (Wildman–Crippen MR) is 79.7 cm³/mol. The summed E-state index contributed by atoms with van der Waals surface area (Å²) in [4.78, 5) is 0. The molecule has 100 valence electrons. The highest BCUT2D eigenvalue weighted by atomic mass is 16.5. The Balaban J connectivity index is 2.08. The molecule has 3 heteroatoms. The zero-order chi connectivity index (χ0) is 13.8. The highest BCUT2D eigenvalue weighted by Crippen LogP contribution is 2.24. The third-order valence-corrected chi connectivity index (χ3v) is 3.16. The molecule has 0 aliphatic heterocycles. The third-order valence-electron chi connectivity index (χ3n) is 3.16. The Morgan fingerprint density at radius 1 is 0.950 bits per heavy atom. The minimum Gasteiger partial charge on any atom is -0.380 e. The summed E-state index contributed by atoms with van der Waals surface area (Å²) in [7, 11) is 1.70. The van der Waals surface area contributed by atoms with Gasteiger partial charge in [-0.25, -0.2) is 4.68 Å². The molecule has 1 aromatic heterocycles. The molecule has 3 rings (SSSR count). The van der Waals surface area contributed by atoms with Gasteiger partial charge in [-0.2, -0.15) is 5.10 Å². The average Bonchev–Trinajstić information content (AvgIpc) is 2.94. The monoisotopic (exact) mass is 264 g/mol. The van der Waals surface area contributed by atoms with E-state index in [-0.39, 0.29) is 0 Å². The van der Waals surface area contributed by atoms with Crippen LogP contribution in [0.5, 0.6) is 0 Å². The molecule has 0 atom stereocenters. The van der Waals surface area contributed by atoms with Gasteiger partial charge in [0.1, 0.15) is 0 Å². The van der Waals surface area contributed by atoms with Crippen molar-refractivity contribution in [2.45, 2.75) is 6.61 Å². The lowest BCUT2D eigenvalue weighted by Gasteiger charge is -2.00. The molecule has 0 amide bonds. The van der Waals surface area contributed by atoms with Crippen LogP contribution in [0.4, 0.5) is 0 Å². The number of rotatable bonds is 4. The van der Waals surface area contributed by atoms with E-state index in [1.807, 2.05) is 59.4 Å². The second-order valence-corrected chi connectivity index (χ2v) is 4.58. The van der Waals surface area contributed by atoms with Gasteiger partial charge in [0.2, 0.25) is 0 Å². The second kappa shape index (κ2) is 5.72. The van der Waals surface area contributed by atoms with Crippen molar-refractivity contribution >= 4 is 0 Å². The summed E-state index contributed by atoms with van der Waals surface area (Å²) in [5.74, 6) is 0. The van der Waals surface area contributed by atoms with E-state index in [0.29, 0.717) is 6.61 Å². The van der Waals surface area contributed by atoms with Crippen molar-refractivity contribution in [1.82, 2.24) is 9.78 Å². The highest BCUT2D eigenvalue weighted by molar-refractivity contribution is 5.63. The molecule has 0 saturated heterocycles. The quantitative estimate of drug-likeness (QED) is 0.718. The first-order valence-corrected chi connectivity index (χ1v) is 6.57. The molecule has 20 heavy (non-hydrogen) atoms. The normalized spacial score (nSPS) is 10.7. The lowest BCUT2D eigenvalue weighted by atomic mass is 10.1. The number of para-hydroxylation sites is 1. The van der Waals surface area contributed by atoms with Gasteiger partial charge in [-0.1, -0.05) is 48.5 Å². The van der Waals surface area contributed by atoms with Gasteiger partial charge in [-0.05, 0) is 12.1 Å². The van der Waals surface area contributed by atoms with Crippen molar-refractivity contribution in [3.05, 3.63) is 72.4 Å². The number of hydrogen-bond donors (Lipinski definition) is 0. The fraction of sp³-hybridized carbons (Fsp3) is 0.118. The van der Waals surface area contributed by atoms with E-state index in [9.17, 15) is 0 Å². The van der Waals surface area contributed by atoms with Crippen LogP contribution in [0.3, 0.4) is 0 Å². The smallest absolute Gasteiger partial charge is 0.0982 e. The molecule has 3 nitrogen and oxygen atoms in total. The number of nitrogens with zero attached hydrogens (tertiary/aromatic N) is 2. The first-order valence-electron chi connectivity index (χ1n) is 6.57. The molecule has 0 unspecified atom stereocenters. The molecular formula is C17H16N2O. The molecule has 0 aliphatic carbocycles. The van der Waals surface area contributed by atoms with Gasteiger partial charge >= 0.3 is 0 Å². The summed E-state index contributed by atoms with van der Waals surface area (Å²) in [6.07, 6.45) is 2.03. The Kier molecular flexibility index (Phi) is 3.61. The third kappa shape index (κ3) is 2.49. The Bertz CT molecular complexity index is 675. The SMILES string of the molecule is COCc1cn(-c2ccccc2)nc1-c1ccccc1. The summed E-state index contributed by atoms with van der Waals surface area (Å²) in [6, 6.07) is 20.3. The number of benzene rings is 2. The first kappa shape index (κ1) is 12.6. The van der Waals surface area contributed by atoms with Crippen LogP contribution >= 0.6 is 0 Å². The van der Waals surface area contributed by atoms with Gasteiger partial charge in [0, 0.05) is 24.4 Å². The summed E-state index contributed by atoms with van der Waals surface area (Å²) in [6.45, 7) is 0.553. The van der Waals surface area contributed by atoms with E-state index in [2.05, 4.69) is 12.1 Å². The van der Waals surface area contributed by atoms with E-state index in [4.69, 9.17) is 9.84 Å². The molecule has 2 aromatic carbocycles. The van der Waals surface area contributed by atoms with Crippen LogP contribution in [0.25, 0.3) is 16.9 Å². The molecule has 3 aromatic rings. The molecular weight excluding hydrogens is 248 g/mol. The number of aromatic nitrogens is 2. The van der Waals surface area contributed by atoms with Crippen LogP contribution in [-0.2, 0) is 11.3 Å². The molecule has 1 heterocycles. The fourth-order valence-electron chi connectivity index (χ4n) is 2.22. The molecule has 0 saturated carbocycles. The van der Waals surface area contributed by atoms with Gasteiger partial charge < -0.3 is 4.74 Å². The summed E-state index contributed by atoms with van der Waals surface area (Å²) in [5.41, 5.74) is 4.21. The largest absolute Gasteiger partial charge is 0.380 e. The molecule has 0 N–H and O–H groups in total. The van der Waals surface area contributed by atoms with E-state index in [0.717, 1.165) is 22.5 Å². The summed E-state index contributed by atoms with van der Waals surface area (Å²) < 4.78 is 7.19. The van der Waals surface area contributed by atoms with E-state index >= 15 is 0 Å². The van der Waals surface area contributed by atoms with Crippen molar-refractivity contribution in [2.24, 2.45) is 0 Å². The Morgan fingerprint density at radius 2 is 1.60 bits per heavy atom. The molecule has 0 spiro atoms. The predicted octanol–water partition coefficient (Wildman–Crippen LogP) is 3.69. The minimum atomic E-state index is 0.553. The second-order valence-electron chi connectivity index (χ2n) is 4.58. The maximum Gasteiger partial charge on any atom is 0.0982 e. The summed E-state index contributed by atoms with van der Waals surface area (Å²) >= 11 is 0. The zero-order valence-electron chi connectivity index (χ0n) is 11.4. The number of methoxy groups -OCH3 is 1. The van der Waals surface area contributed by atoms with Gasteiger partial charge in [0.15, 0.2) is 0 Å². The van der Waals surface area contributed by atoms with Crippen molar-refractivity contribution < 1.29 is 4.74 Å². The number of hydrogen-bond acceptors (Lipinski definition) is 2. The Labute approximate surface area is 118 Å². The maximum atomic E-state index is 5.29. The molecule has 0 radical (unpaired) electrons. The van der Waals surface area contributed by atoms with Crippen molar-refractivity contribution in [3.8, 4) is 16.9 Å². The van der Waals surface area contributed by atoms with Crippen LogP contribution in [-0.4, -0.2) is 16.9 Å². The topological polar surface area (TPSA) is 27.1 Å². The van der Waals surface area contributed by atoms with Crippen LogP contribution < -0.4 is 0 Å². The van der Waals surface area contributed by atoms with Gasteiger partial charge in [-0.15, -0.1) is 0 Å². The van der Waals surface area contributed by atoms with Gasteiger partial charge in [-0.3, -0.25) is 0 Å². The zero-order valence-corrected chi connectivity index (χ0v) is 11.4. The standard InChI is InChI=1S/C17H16N2O/c1-20-13-15-12-19(16-10-6-3-7-11-16)18-17(15)14-8-4-2-5-9-14/h2-12H,13H2,1H3. The van der Waals surface area contributed by atoms with Crippen LogP contribution in [0.1, 0.15) is 5.56 Å². The number of ether oxygens (including phenoxy) is 1. The van der Waals surface area contributed by atoms with E-state index in [1.54, 1.807) is 7.11 Å². The van der Waals surface area contributed by atoms with Gasteiger partial charge in [0.05, 0.1) is 18.0 Å². The molecule has 0 fully saturated rings. The lowest BCUT2D eigenvalue weighted by molar-refractivity contribution is 0.185. The Hall–Kier alpha value is -2.39. The molecule has 0 aliphatic rings. The van der Waals surface area contributed by atoms with Crippen molar-refractivity contribution in [3.63, 3.8) is 0 Å². The Morgan fingerprint density at radius 3 is 2.25 bits per heavy atom. The first-order chi connectivity index (χ1) is 9.88. The highest BCUT2D eigenvalue weighted by Gasteiger charge is 2.11. The average molecular weight is 264 g/mol. The van der Waals surface area contributed by atoms with Crippen molar-refractivity contribution in [1.29, 1.82) is 0 Å². The lowest BCUT2D eigenvalue weighted by Crippen LogP contribution is -1.93. The maximum absolute atomic E-state index is 5.29. The van der Waals surface area contributed by atoms with Crippen LogP contribution in [0.15, 0.2) is 66.9 Å². The minimum absolute atomic E-state index is 0.553.